The summed E-state index contributed by atoms with van der Waals surface area (Å²) in [5, 5.41) is 6.02. The Hall–Kier alpha value is -3.67. The van der Waals surface area contributed by atoms with Gasteiger partial charge in [-0.3, -0.25) is 14.5 Å². The monoisotopic (exact) mass is 566 g/mol. The van der Waals surface area contributed by atoms with Crippen molar-refractivity contribution in [3.8, 4) is 0 Å². The van der Waals surface area contributed by atoms with Gasteiger partial charge in [0.1, 0.15) is 0 Å². The molecule has 0 saturated carbocycles. The Morgan fingerprint density at radius 3 is 2.35 bits per heavy atom. The zero-order valence-corrected chi connectivity index (χ0v) is 24.4. The Balaban J connectivity index is 1.51. The van der Waals surface area contributed by atoms with E-state index in [1.165, 1.54) is 16.9 Å². The maximum atomic E-state index is 14.2. The maximum absolute atomic E-state index is 14.2. The molecule has 40 heavy (non-hydrogen) atoms. The first kappa shape index (κ1) is 26.5. The number of halogens is 1. The number of hydrogen-bond donors (Lipinski definition) is 1. The van der Waals surface area contributed by atoms with Gasteiger partial charge < -0.3 is 5.32 Å². The van der Waals surface area contributed by atoms with Crippen LogP contribution in [0.1, 0.15) is 71.9 Å². The molecule has 1 amide bonds. The first-order valence-corrected chi connectivity index (χ1v) is 14.8. The average molecular weight is 567 g/mol. The van der Waals surface area contributed by atoms with E-state index in [1.54, 1.807) is 4.90 Å². The molecule has 202 valence electrons. The molecule has 1 aromatic heterocycles. The van der Waals surface area contributed by atoms with E-state index < -0.39 is 6.04 Å². The van der Waals surface area contributed by atoms with Crippen molar-refractivity contribution in [3.05, 3.63) is 128 Å². The molecule has 4 nitrogen and oxygen atoms in total. The van der Waals surface area contributed by atoms with Crippen molar-refractivity contribution in [2.45, 2.75) is 51.0 Å². The topological polar surface area (TPSA) is 49.4 Å². The number of para-hydroxylation sites is 2. The minimum Gasteiger partial charge on any atom is -0.357 e. The van der Waals surface area contributed by atoms with Gasteiger partial charge in [0.25, 0.3) is 5.91 Å². The van der Waals surface area contributed by atoms with Crippen molar-refractivity contribution in [3.63, 3.8) is 0 Å². The zero-order valence-electron chi connectivity index (χ0n) is 22.8. The van der Waals surface area contributed by atoms with Crippen molar-refractivity contribution >= 4 is 46.0 Å². The van der Waals surface area contributed by atoms with Gasteiger partial charge in [-0.05, 0) is 64.1 Å². The SMILES string of the molecule is CC(C)(C)c1ccc([C@@H]2CC(=O)C3=C(C2)Nc2ccccc2N(C(=O)c2cccs2)[C@H]3c2ccccc2Cl)cc1. The number of thiophene rings is 1. The third-order valence-electron chi connectivity index (χ3n) is 7.89. The highest BCUT2D eigenvalue weighted by molar-refractivity contribution is 7.12. The van der Waals surface area contributed by atoms with E-state index >= 15 is 0 Å². The molecule has 2 heterocycles. The zero-order chi connectivity index (χ0) is 28.0. The second-order valence-electron chi connectivity index (χ2n) is 11.5. The van der Waals surface area contributed by atoms with Crippen molar-refractivity contribution in [1.29, 1.82) is 0 Å². The molecule has 1 aliphatic carbocycles. The summed E-state index contributed by atoms with van der Waals surface area (Å²) in [4.78, 5) is 30.8. The molecular weight excluding hydrogens is 536 g/mol. The number of carbonyl (C=O) groups is 2. The van der Waals surface area contributed by atoms with Crippen LogP contribution in [-0.4, -0.2) is 11.7 Å². The molecule has 0 saturated heterocycles. The van der Waals surface area contributed by atoms with Crippen molar-refractivity contribution in [1.82, 2.24) is 0 Å². The number of rotatable bonds is 3. The summed E-state index contributed by atoms with van der Waals surface area (Å²) in [7, 11) is 0. The lowest BCUT2D eigenvalue weighted by atomic mass is 9.77. The second-order valence-corrected chi connectivity index (χ2v) is 12.9. The van der Waals surface area contributed by atoms with Gasteiger partial charge in [0.05, 0.1) is 22.3 Å². The molecule has 2 aliphatic rings. The number of nitrogens with zero attached hydrogens (tertiary/aromatic N) is 1. The van der Waals surface area contributed by atoms with Crippen LogP contribution in [0.15, 0.2) is 102 Å². The summed E-state index contributed by atoms with van der Waals surface area (Å²) in [6.07, 6.45) is 1.03. The number of amides is 1. The number of benzene rings is 3. The van der Waals surface area contributed by atoms with E-state index in [2.05, 4.69) is 50.4 Å². The Morgan fingerprint density at radius 2 is 1.65 bits per heavy atom. The van der Waals surface area contributed by atoms with Crippen LogP contribution in [0.3, 0.4) is 0 Å². The van der Waals surface area contributed by atoms with Crippen LogP contribution in [0, 0.1) is 0 Å². The number of carbonyl (C=O) groups excluding carboxylic acids is 2. The smallest absolute Gasteiger partial charge is 0.269 e. The van der Waals surface area contributed by atoms with E-state index in [-0.39, 0.29) is 23.0 Å². The Morgan fingerprint density at radius 1 is 0.925 bits per heavy atom. The van der Waals surface area contributed by atoms with E-state index in [0.29, 0.717) is 28.3 Å². The quantitative estimate of drug-likeness (QED) is 0.269. The van der Waals surface area contributed by atoms with E-state index in [1.807, 2.05) is 66.0 Å². The molecule has 3 aromatic carbocycles. The molecule has 6 rings (SSSR count). The molecule has 1 aliphatic heterocycles. The number of anilines is 2. The Bertz CT molecular complexity index is 1620. The highest BCUT2D eigenvalue weighted by atomic mass is 35.5. The average Bonchev–Trinajstić information content (AvgIpc) is 3.43. The maximum Gasteiger partial charge on any atom is 0.269 e. The second kappa shape index (κ2) is 10.4. The summed E-state index contributed by atoms with van der Waals surface area (Å²) in [6.45, 7) is 6.61. The van der Waals surface area contributed by atoms with Gasteiger partial charge in [0.2, 0.25) is 0 Å². The third-order valence-corrected chi connectivity index (χ3v) is 9.09. The third kappa shape index (κ3) is 4.78. The standard InChI is InChI=1S/C34H31ClN2O2S/c1-34(2,3)23-16-14-21(15-17-23)22-19-27-31(29(38)20-22)32(24-9-4-5-10-25(24)35)37(33(39)30-13-8-18-40-30)28-12-7-6-11-26(28)36-27/h4-18,22,32,36H,19-20H2,1-3H3/t22-,32-/m0/s1. The predicted molar refractivity (Wildman–Crippen MR) is 165 cm³/mol. The van der Waals surface area contributed by atoms with Crippen LogP contribution in [0.5, 0.6) is 0 Å². The van der Waals surface area contributed by atoms with Gasteiger partial charge in [0.15, 0.2) is 5.78 Å². The van der Waals surface area contributed by atoms with Gasteiger partial charge in [-0.2, -0.15) is 0 Å². The van der Waals surface area contributed by atoms with Crippen molar-refractivity contribution < 1.29 is 9.59 Å². The summed E-state index contributed by atoms with van der Waals surface area (Å²) >= 11 is 8.19. The minimum atomic E-state index is -0.661. The van der Waals surface area contributed by atoms with Gasteiger partial charge >= 0.3 is 0 Å². The largest absolute Gasteiger partial charge is 0.357 e. The van der Waals surface area contributed by atoms with Crippen LogP contribution < -0.4 is 10.2 Å². The van der Waals surface area contributed by atoms with Crippen molar-refractivity contribution in [2.24, 2.45) is 0 Å². The molecule has 0 bridgehead atoms. The normalized spacial score (nSPS) is 19.0. The molecule has 4 aromatic rings. The fourth-order valence-corrected chi connectivity index (χ4v) is 6.71. The van der Waals surface area contributed by atoms with Gasteiger partial charge in [-0.15, -0.1) is 11.3 Å². The highest BCUT2D eigenvalue weighted by Gasteiger charge is 2.42. The Kier molecular flexibility index (Phi) is 6.89. The van der Waals surface area contributed by atoms with Crippen molar-refractivity contribution in [2.75, 3.05) is 10.2 Å². The van der Waals surface area contributed by atoms with Gasteiger partial charge in [-0.25, -0.2) is 0 Å². The fraction of sp³-hybridized carbons (Fsp3) is 0.235. The number of nitrogens with one attached hydrogen (secondary N) is 1. The Labute approximate surface area is 244 Å². The first-order valence-electron chi connectivity index (χ1n) is 13.6. The molecule has 0 unspecified atom stereocenters. The molecule has 1 N–H and O–H groups in total. The molecule has 6 heteroatoms. The number of ketones is 1. The van der Waals surface area contributed by atoms with Gasteiger partial charge in [-0.1, -0.05) is 93.0 Å². The number of fused-ring (bicyclic) bond motifs is 1. The molecule has 0 radical (unpaired) electrons. The van der Waals surface area contributed by atoms with Crippen LogP contribution in [0.4, 0.5) is 11.4 Å². The first-order chi connectivity index (χ1) is 19.2. The number of allylic oxidation sites excluding steroid dienone is 1. The summed E-state index contributed by atoms with van der Waals surface area (Å²) in [6, 6.07) is 27.0. The predicted octanol–water partition coefficient (Wildman–Crippen LogP) is 8.91. The lowest BCUT2D eigenvalue weighted by Crippen LogP contribution is -2.38. The van der Waals surface area contributed by atoms with Crippen LogP contribution in [-0.2, 0) is 10.2 Å². The van der Waals surface area contributed by atoms with E-state index in [9.17, 15) is 9.59 Å². The molecular formula is C34H31ClN2O2S. The molecule has 0 fully saturated rings. The van der Waals surface area contributed by atoms with E-state index in [4.69, 9.17) is 11.6 Å². The number of Topliss-reactive ketones (excluding diaryl/α,β-unsaturated/α-hetero) is 1. The molecule has 2 atom stereocenters. The lowest BCUT2D eigenvalue weighted by Gasteiger charge is -2.35. The summed E-state index contributed by atoms with van der Waals surface area (Å²) in [5.74, 6) is -0.0951. The molecule has 0 spiro atoms. The van der Waals surface area contributed by atoms with Gasteiger partial charge in [0, 0.05) is 22.7 Å². The van der Waals surface area contributed by atoms with Crippen LogP contribution in [0.2, 0.25) is 5.02 Å². The van der Waals surface area contributed by atoms with Crippen LogP contribution in [0.25, 0.3) is 0 Å². The lowest BCUT2D eigenvalue weighted by molar-refractivity contribution is -0.116. The summed E-state index contributed by atoms with van der Waals surface area (Å²) < 4.78 is 0. The fourth-order valence-electron chi connectivity index (χ4n) is 5.81. The van der Waals surface area contributed by atoms with E-state index in [0.717, 1.165) is 28.2 Å². The highest BCUT2D eigenvalue weighted by Crippen LogP contribution is 2.49. The van der Waals surface area contributed by atoms with Crippen LogP contribution >= 0.6 is 22.9 Å². The summed E-state index contributed by atoms with van der Waals surface area (Å²) in [5.41, 5.74) is 6.18. The number of hydrogen-bond acceptors (Lipinski definition) is 4. The minimum absolute atomic E-state index is 0.0281.